The lowest BCUT2D eigenvalue weighted by atomic mass is 10.0. The molecule has 110 valence electrons. The normalized spacial score (nSPS) is 12.1. The first-order chi connectivity index (χ1) is 9.97. The fourth-order valence-corrected chi connectivity index (χ4v) is 2.34. The lowest BCUT2D eigenvalue weighted by molar-refractivity contribution is -0.129. The van der Waals surface area contributed by atoms with Crippen molar-refractivity contribution < 1.29 is 4.79 Å². The highest BCUT2D eigenvalue weighted by molar-refractivity contribution is 7.80. The Hall–Kier alpha value is -1.94. The van der Waals surface area contributed by atoms with Crippen LogP contribution in [0, 0.1) is 5.92 Å². The molecule has 2 rings (SSSR count). The molecule has 0 aliphatic carbocycles. The summed E-state index contributed by atoms with van der Waals surface area (Å²) in [6, 6.07) is 14.3. The summed E-state index contributed by atoms with van der Waals surface area (Å²) < 4.78 is 0. The number of nitrogens with zero attached hydrogens (tertiary/aromatic N) is 1. The summed E-state index contributed by atoms with van der Waals surface area (Å²) in [6.07, 6.45) is 0.394. The first-order valence-electron chi connectivity index (χ1n) is 6.98. The van der Waals surface area contributed by atoms with Gasteiger partial charge < -0.3 is 10.6 Å². The Bertz CT molecular complexity index is 669. The second-order valence-electron chi connectivity index (χ2n) is 5.44. The molecule has 2 aromatic rings. The number of likely N-dealkylation sites (N-methyl/N-ethyl adjacent to an activating group) is 1. The molecule has 2 aromatic carbocycles. The Morgan fingerprint density at radius 2 is 1.90 bits per heavy atom. The van der Waals surface area contributed by atoms with E-state index in [4.69, 9.17) is 18.0 Å². The van der Waals surface area contributed by atoms with Crippen molar-refractivity contribution in [3.8, 4) is 0 Å². The van der Waals surface area contributed by atoms with E-state index in [2.05, 4.69) is 24.3 Å². The number of rotatable bonds is 5. The summed E-state index contributed by atoms with van der Waals surface area (Å²) >= 11 is 4.95. The molecule has 0 radical (unpaired) electrons. The lowest BCUT2D eigenvalue weighted by Gasteiger charge is -2.21. The molecule has 0 saturated carbocycles. The molecule has 3 nitrogen and oxygen atoms in total. The van der Waals surface area contributed by atoms with Crippen molar-refractivity contribution in [2.45, 2.75) is 13.3 Å². The molecule has 1 atom stereocenters. The van der Waals surface area contributed by atoms with Crippen LogP contribution >= 0.6 is 12.2 Å². The Morgan fingerprint density at radius 1 is 1.24 bits per heavy atom. The van der Waals surface area contributed by atoms with Crippen LogP contribution in [0.5, 0.6) is 0 Å². The number of carbonyl (C=O) groups excluding carboxylic acids is 1. The molecular formula is C17H20N2OS. The Kier molecular flexibility index (Phi) is 4.91. The first kappa shape index (κ1) is 15.4. The minimum absolute atomic E-state index is 0.0329. The zero-order valence-electron chi connectivity index (χ0n) is 12.4. The van der Waals surface area contributed by atoms with Crippen molar-refractivity contribution in [2.75, 3.05) is 13.6 Å². The lowest BCUT2D eigenvalue weighted by Crippen LogP contribution is -2.36. The Labute approximate surface area is 130 Å². The largest absolute Gasteiger partial charge is 0.393 e. The van der Waals surface area contributed by atoms with Crippen LogP contribution < -0.4 is 5.73 Å². The van der Waals surface area contributed by atoms with Gasteiger partial charge in [-0.05, 0) is 16.3 Å². The minimum atomic E-state index is 0.0329. The predicted molar refractivity (Wildman–Crippen MR) is 91.2 cm³/mol. The van der Waals surface area contributed by atoms with Crippen LogP contribution in [0.4, 0.5) is 0 Å². The van der Waals surface area contributed by atoms with Gasteiger partial charge in [0.15, 0.2) is 0 Å². The molecule has 21 heavy (non-hydrogen) atoms. The second kappa shape index (κ2) is 6.68. The predicted octanol–water partition coefficient (Wildman–Crippen LogP) is 2.76. The topological polar surface area (TPSA) is 46.3 Å². The maximum absolute atomic E-state index is 12.2. The van der Waals surface area contributed by atoms with Crippen molar-refractivity contribution in [3.63, 3.8) is 0 Å². The van der Waals surface area contributed by atoms with E-state index in [0.717, 1.165) is 10.9 Å². The highest BCUT2D eigenvalue weighted by Crippen LogP contribution is 2.16. The van der Waals surface area contributed by atoms with E-state index in [1.807, 2.05) is 25.1 Å². The third-order valence-corrected chi connectivity index (χ3v) is 4.03. The van der Waals surface area contributed by atoms with E-state index in [1.165, 1.54) is 5.39 Å². The molecule has 0 heterocycles. The summed E-state index contributed by atoms with van der Waals surface area (Å²) in [5.41, 5.74) is 6.61. The van der Waals surface area contributed by atoms with E-state index < -0.39 is 0 Å². The molecule has 0 saturated heterocycles. The van der Waals surface area contributed by atoms with Crippen LogP contribution in [-0.2, 0) is 11.2 Å². The summed E-state index contributed by atoms with van der Waals surface area (Å²) in [6.45, 7) is 2.49. The van der Waals surface area contributed by atoms with Crippen LogP contribution in [0.2, 0.25) is 0 Å². The van der Waals surface area contributed by atoms with Crippen molar-refractivity contribution in [1.29, 1.82) is 0 Å². The average Bonchev–Trinajstić information content (AvgIpc) is 2.46. The van der Waals surface area contributed by atoms with Crippen molar-refractivity contribution in [2.24, 2.45) is 11.7 Å². The number of nitrogens with two attached hydrogens (primary N) is 1. The maximum Gasteiger partial charge on any atom is 0.226 e. The maximum atomic E-state index is 12.2. The monoisotopic (exact) mass is 300 g/mol. The van der Waals surface area contributed by atoms with Crippen LogP contribution in [-0.4, -0.2) is 29.4 Å². The number of amides is 1. The number of benzene rings is 2. The molecule has 4 heteroatoms. The zero-order chi connectivity index (χ0) is 15.4. The minimum Gasteiger partial charge on any atom is -0.393 e. The average molecular weight is 300 g/mol. The zero-order valence-corrected chi connectivity index (χ0v) is 13.2. The van der Waals surface area contributed by atoms with E-state index >= 15 is 0 Å². The fourth-order valence-electron chi connectivity index (χ4n) is 2.26. The highest BCUT2D eigenvalue weighted by Gasteiger charge is 2.14. The first-order valence-corrected chi connectivity index (χ1v) is 7.39. The summed E-state index contributed by atoms with van der Waals surface area (Å²) in [5.74, 6) is 0.110. The number of carbonyl (C=O) groups is 1. The van der Waals surface area contributed by atoms with Crippen LogP contribution in [0.25, 0.3) is 10.8 Å². The van der Waals surface area contributed by atoms with Gasteiger partial charge in [-0.3, -0.25) is 4.79 Å². The van der Waals surface area contributed by atoms with E-state index in [0.29, 0.717) is 18.0 Å². The van der Waals surface area contributed by atoms with E-state index in [-0.39, 0.29) is 11.8 Å². The summed E-state index contributed by atoms with van der Waals surface area (Å²) in [4.78, 5) is 14.4. The van der Waals surface area contributed by atoms with E-state index in [1.54, 1.807) is 11.9 Å². The number of hydrogen-bond acceptors (Lipinski definition) is 2. The van der Waals surface area contributed by atoms with Crippen molar-refractivity contribution in [1.82, 2.24) is 4.90 Å². The van der Waals surface area contributed by atoms with Crippen molar-refractivity contribution in [3.05, 3.63) is 48.0 Å². The van der Waals surface area contributed by atoms with Gasteiger partial charge in [0.25, 0.3) is 0 Å². The molecule has 0 bridgehead atoms. The van der Waals surface area contributed by atoms with Gasteiger partial charge in [-0.15, -0.1) is 0 Å². The van der Waals surface area contributed by atoms with E-state index in [9.17, 15) is 4.79 Å². The molecule has 0 aliphatic heterocycles. The molecule has 0 aliphatic rings. The van der Waals surface area contributed by atoms with Crippen LogP contribution in [0.15, 0.2) is 42.5 Å². The van der Waals surface area contributed by atoms with Gasteiger partial charge in [0.05, 0.1) is 11.4 Å². The van der Waals surface area contributed by atoms with Gasteiger partial charge in [-0.1, -0.05) is 61.6 Å². The smallest absolute Gasteiger partial charge is 0.226 e. The fraction of sp³-hybridized carbons (Fsp3) is 0.294. The van der Waals surface area contributed by atoms with Gasteiger partial charge >= 0.3 is 0 Å². The van der Waals surface area contributed by atoms with Gasteiger partial charge in [-0.2, -0.15) is 0 Å². The van der Waals surface area contributed by atoms with Gasteiger partial charge in [0.2, 0.25) is 5.91 Å². The molecular weight excluding hydrogens is 280 g/mol. The van der Waals surface area contributed by atoms with Crippen LogP contribution in [0.3, 0.4) is 0 Å². The molecule has 0 fully saturated rings. The molecule has 0 spiro atoms. The molecule has 1 amide bonds. The van der Waals surface area contributed by atoms with Crippen LogP contribution in [0.1, 0.15) is 12.5 Å². The number of thiocarbonyl (C=S) groups is 1. The van der Waals surface area contributed by atoms with Gasteiger partial charge in [0.1, 0.15) is 0 Å². The molecule has 1 unspecified atom stereocenters. The molecule has 2 N–H and O–H groups in total. The number of hydrogen-bond donors (Lipinski definition) is 1. The SMILES string of the molecule is CC(CN(C)C(=O)Cc1ccc2ccccc2c1)C(N)=S. The summed E-state index contributed by atoms with van der Waals surface area (Å²) in [5, 5.41) is 2.34. The number of fused-ring (bicyclic) bond motifs is 1. The van der Waals surface area contributed by atoms with Gasteiger partial charge in [-0.25, -0.2) is 0 Å². The van der Waals surface area contributed by atoms with Gasteiger partial charge in [0, 0.05) is 19.5 Å². The second-order valence-corrected chi connectivity index (χ2v) is 5.91. The summed E-state index contributed by atoms with van der Waals surface area (Å²) in [7, 11) is 1.79. The third-order valence-electron chi connectivity index (χ3n) is 3.63. The Morgan fingerprint density at radius 3 is 2.57 bits per heavy atom. The quantitative estimate of drug-likeness (QED) is 0.864. The Balaban J connectivity index is 2.05. The molecule has 0 aromatic heterocycles. The van der Waals surface area contributed by atoms with Crippen molar-refractivity contribution >= 4 is 33.9 Å². The third kappa shape index (κ3) is 4.02. The standard InChI is InChI=1S/C17H20N2OS/c1-12(17(18)21)11-19(2)16(20)10-13-7-8-14-5-3-4-6-15(14)9-13/h3-9,12H,10-11H2,1-2H3,(H2,18,21). The highest BCUT2D eigenvalue weighted by atomic mass is 32.1.